The molecule has 1 aliphatic heterocycles. The van der Waals surface area contributed by atoms with Crippen molar-refractivity contribution in [3.63, 3.8) is 0 Å². The van der Waals surface area contributed by atoms with Crippen molar-refractivity contribution >= 4 is 0 Å². The molecule has 4 rings (SSSR count). The molecule has 0 atom stereocenters. The lowest BCUT2D eigenvalue weighted by Crippen LogP contribution is -2.39. The maximum atomic E-state index is 2.61. The zero-order valence-electron chi connectivity index (χ0n) is 15.5. The molecule has 2 aromatic rings. The van der Waals surface area contributed by atoms with Crippen LogP contribution in [0.5, 0.6) is 0 Å². The van der Waals surface area contributed by atoms with Gasteiger partial charge in [0.05, 0.1) is 5.56 Å². The molecule has 0 radical (unpaired) electrons. The van der Waals surface area contributed by atoms with Crippen molar-refractivity contribution in [2.75, 3.05) is 0 Å². The Balaban J connectivity index is 2.14. The van der Waals surface area contributed by atoms with Gasteiger partial charge in [0.2, 0.25) is 5.69 Å². The first-order chi connectivity index (χ1) is 10.9. The molecule has 1 aromatic heterocycles. The highest BCUT2D eigenvalue weighted by Crippen LogP contribution is 2.41. The van der Waals surface area contributed by atoms with Gasteiger partial charge < -0.3 is 0 Å². The third-order valence-corrected chi connectivity index (χ3v) is 6.79. The van der Waals surface area contributed by atoms with Gasteiger partial charge in [0.15, 0.2) is 12.2 Å². The van der Waals surface area contributed by atoms with E-state index in [0.717, 1.165) is 6.54 Å². The average molecular weight is 306 g/mol. The molecule has 120 valence electrons. The zero-order valence-corrected chi connectivity index (χ0v) is 15.5. The van der Waals surface area contributed by atoms with Crippen molar-refractivity contribution in [3.05, 3.63) is 50.2 Å². The minimum atomic E-state index is 1.07. The second kappa shape index (κ2) is 4.93. The predicted octanol–water partition coefficient (Wildman–Crippen LogP) is 4.73. The second-order valence-corrected chi connectivity index (χ2v) is 7.66. The topological polar surface area (TPSA) is 3.88 Å². The summed E-state index contributed by atoms with van der Waals surface area (Å²) in [5.41, 5.74) is 17.0. The minimum absolute atomic E-state index is 1.07. The quantitative estimate of drug-likeness (QED) is 0.529. The normalized spacial score (nSPS) is 15.4. The Kier molecular flexibility index (Phi) is 3.20. The Morgan fingerprint density at radius 1 is 0.609 bits per heavy atom. The molecule has 1 heteroatoms. The van der Waals surface area contributed by atoms with Crippen LogP contribution in [0.3, 0.4) is 0 Å². The zero-order chi connectivity index (χ0) is 16.5. The van der Waals surface area contributed by atoms with Gasteiger partial charge in [-0.25, -0.2) is 0 Å². The fraction of sp³-hybridized carbons (Fsp3) is 0.500. The van der Waals surface area contributed by atoms with E-state index in [4.69, 9.17) is 0 Å². The predicted molar refractivity (Wildman–Crippen MR) is 96.2 cm³/mol. The van der Waals surface area contributed by atoms with Crippen LogP contribution in [0.15, 0.2) is 0 Å². The Hall–Kier alpha value is -1.63. The highest BCUT2D eigenvalue weighted by Gasteiger charge is 2.37. The molecular weight excluding hydrogens is 278 g/mol. The SMILES string of the molecule is Cc1c(C)c(C)c2c(c1C)C[n+]1c(C)c(C)c3c(c1-2)CCCC3. The molecule has 0 N–H and O–H groups in total. The van der Waals surface area contributed by atoms with E-state index in [2.05, 4.69) is 46.1 Å². The number of pyridine rings is 1. The Labute approximate surface area is 140 Å². The first-order valence-corrected chi connectivity index (χ1v) is 9.07. The van der Waals surface area contributed by atoms with Crippen LogP contribution in [0.1, 0.15) is 63.0 Å². The molecule has 0 fully saturated rings. The van der Waals surface area contributed by atoms with Crippen molar-refractivity contribution in [1.29, 1.82) is 0 Å². The number of benzene rings is 1. The van der Waals surface area contributed by atoms with Gasteiger partial charge in [-0.3, -0.25) is 0 Å². The summed E-state index contributed by atoms with van der Waals surface area (Å²) in [5, 5.41) is 0. The lowest BCUT2D eigenvalue weighted by Gasteiger charge is -2.20. The summed E-state index contributed by atoms with van der Waals surface area (Å²) in [6.07, 6.45) is 5.24. The van der Waals surface area contributed by atoms with Gasteiger partial charge in [-0.05, 0) is 88.1 Å². The van der Waals surface area contributed by atoms with Crippen LogP contribution in [0, 0.1) is 41.5 Å². The Morgan fingerprint density at radius 2 is 1.22 bits per heavy atom. The highest BCUT2D eigenvalue weighted by atomic mass is 15.0. The summed E-state index contributed by atoms with van der Waals surface area (Å²) in [5.74, 6) is 0. The first-order valence-electron chi connectivity index (χ1n) is 9.07. The fourth-order valence-corrected chi connectivity index (χ4v) is 4.88. The van der Waals surface area contributed by atoms with Gasteiger partial charge in [0.25, 0.3) is 0 Å². The fourth-order valence-electron chi connectivity index (χ4n) is 4.88. The maximum absolute atomic E-state index is 2.61. The van der Waals surface area contributed by atoms with E-state index < -0.39 is 0 Å². The first kappa shape index (κ1) is 14.9. The maximum Gasteiger partial charge on any atom is 0.217 e. The van der Waals surface area contributed by atoms with Crippen molar-refractivity contribution in [1.82, 2.24) is 0 Å². The lowest BCUT2D eigenvalue weighted by atomic mass is 9.83. The third-order valence-electron chi connectivity index (χ3n) is 6.79. The molecule has 2 heterocycles. The summed E-state index contributed by atoms with van der Waals surface area (Å²) in [6, 6.07) is 0. The molecule has 2 aliphatic rings. The van der Waals surface area contributed by atoms with Crippen molar-refractivity contribution in [3.8, 4) is 11.3 Å². The summed E-state index contributed by atoms with van der Waals surface area (Å²) in [7, 11) is 0. The molecule has 1 aliphatic carbocycles. The van der Waals surface area contributed by atoms with Crippen LogP contribution in [-0.2, 0) is 19.4 Å². The minimum Gasteiger partial charge on any atom is -0.191 e. The molecule has 1 aromatic carbocycles. The third kappa shape index (κ3) is 1.83. The van der Waals surface area contributed by atoms with Crippen LogP contribution in [0.4, 0.5) is 0 Å². The molecule has 1 nitrogen and oxygen atoms in total. The van der Waals surface area contributed by atoms with Gasteiger partial charge in [0, 0.05) is 23.6 Å². The molecule has 0 unspecified atom stereocenters. The van der Waals surface area contributed by atoms with Gasteiger partial charge in [-0.1, -0.05) is 0 Å². The van der Waals surface area contributed by atoms with E-state index in [-0.39, 0.29) is 0 Å². The molecule has 0 saturated heterocycles. The summed E-state index contributed by atoms with van der Waals surface area (Å²) >= 11 is 0. The standard InChI is InChI=1S/C22H28N/c1-12-13(2)15(4)21-20(14(12)3)11-23-17(6)16(5)18-9-7-8-10-19(18)22(21)23/h7-11H2,1-6H3/q+1. The molecule has 0 saturated carbocycles. The van der Waals surface area contributed by atoms with E-state index in [1.165, 1.54) is 53.6 Å². The van der Waals surface area contributed by atoms with E-state index in [1.807, 2.05) is 0 Å². The monoisotopic (exact) mass is 306 g/mol. The van der Waals surface area contributed by atoms with Crippen LogP contribution in [-0.4, -0.2) is 0 Å². The molecule has 0 spiro atoms. The summed E-state index contributed by atoms with van der Waals surface area (Å²) in [6.45, 7) is 15.0. The number of aromatic nitrogens is 1. The van der Waals surface area contributed by atoms with E-state index in [0.29, 0.717) is 0 Å². The second-order valence-electron chi connectivity index (χ2n) is 7.66. The van der Waals surface area contributed by atoms with Gasteiger partial charge in [0.1, 0.15) is 0 Å². The summed E-state index contributed by atoms with van der Waals surface area (Å²) < 4.78 is 2.61. The molecule has 0 amide bonds. The highest BCUT2D eigenvalue weighted by molar-refractivity contribution is 5.75. The van der Waals surface area contributed by atoms with Gasteiger partial charge in [-0.2, -0.15) is 4.57 Å². The van der Waals surface area contributed by atoms with Crippen LogP contribution >= 0.6 is 0 Å². The van der Waals surface area contributed by atoms with Crippen molar-refractivity contribution < 1.29 is 4.57 Å². The van der Waals surface area contributed by atoms with E-state index in [9.17, 15) is 0 Å². The number of rotatable bonds is 0. The summed E-state index contributed by atoms with van der Waals surface area (Å²) in [4.78, 5) is 0. The Bertz CT molecular complexity index is 856. The largest absolute Gasteiger partial charge is 0.217 e. The van der Waals surface area contributed by atoms with Crippen molar-refractivity contribution in [2.45, 2.75) is 73.8 Å². The van der Waals surface area contributed by atoms with Gasteiger partial charge >= 0.3 is 0 Å². The molecule has 23 heavy (non-hydrogen) atoms. The Morgan fingerprint density at radius 3 is 1.91 bits per heavy atom. The van der Waals surface area contributed by atoms with Crippen molar-refractivity contribution in [2.24, 2.45) is 0 Å². The molecular formula is C22H28N+. The number of nitrogens with zero attached hydrogens (tertiary/aromatic N) is 1. The number of hydrogen-bond acceptors (Lipinski definition) is 0. The average Bonchev–Trinajstić information content (AvgIpc) is 2.97. The number of hydrogen-bond donors (Lipinski definition) is 0. The van der Waals surface area contributed by atoms with E-state index >= 15 is 0 Å². The van der Waals surface area contributed by atoms with Gasteiger partial charge in [-0.15, -0.1) is 0 Å². The van der Waals surface area contributed by atoms with E-state index in [1.54, 1.807) is 33.5 Å². The smallest absolute Gasteiger partial charge is 0.191 e. The number of fused-ring (bicyclic) bond motifs is 5. The lowest BCUT2D eigenvalue weighted by molar-refractivity contribution is -0.679. The van der Waals surface area contributed by atoms with Crippen LogP contribution in [0.25, 0.3) is 11.3 Å². The van der Waals surface area contributed by atoms with Crippen LogP contribution < -0.4 is 4.57 Å². The molecule has 0 bridgehead atoms. The van der Waals surface area contributed by atoms with Crippen LogP contribution in [0.2, 0.25) is 0 Å².